The minimum atomic E-state index is 0.264. The topological polar surface area (TPSA) is 20.2 Å². The van der Waals surface area contributed by atoms with Crippen LogP contribution in [-0.4, -0.2) is 5.11 Å². The summed E-state index contributed by atoms with van der Waals surface area (Å²) < 4.78 is 7.92. The molecule has 3 aromatic carbocycles. The van der Waals surface area contributed by atoms with Gasteiger partial charge in [0.05, 0.1) is 1.37 Å². The van der Waals surface area contributed by atoms with Gasteiger partial charge >= 0.3 is 0 Å². The van der Waals surface area contributed by atoms with Crippen molar-refractivity contribution in [3.8, 4) is 16.9 Å². The molecule has 0 saturated heterocycles. The lowest BCUT2D eigenvalue weighted by molar-refractivity contribution is 0.475. The lowest BCUT2D eigenvalue weighted by Crippen LogP contribution is -1.80. The molecule has 0 spiro atoms. The summed E-state index contributed by atoms with van der Waals surface area (Å²) >= 11 is 0. The van der Waals surface area contributed by atoms with Gasteiger partial charge in [-0.3, -0.25) is 0 Å². The molecule has 0 heterocycles. The van der Waals surface area contributed by atoms with Crippen LogP contribution >= 0.6 is 0 Å². The van der Waals surface area contributed by atoms with Crippen molar-refractivity contribution in [2.45, 2.75) is 0 Å². The van der Waals surface area contributed by atoms with Crippen LogP contribution in [0.15, 0.2) is 66.7 Å². The zero-order valence-corrected chi connectivity index (χ0v) is 9.22. The van der Waals surface area contributed by atoms with Crippen molar-refractivity contribution in [2.24, 2.45) is 0 Å². The van der Waals surface area contributed by atoms with Gasteiger partial charge in [-0.25, -0.2) is 0 Å². The van der Waals surface area contributed by atoms with E-state index < -0.39 is 0 Å². The Bertz CT molecular complexity index is 702. The maximum absolute atomic E-state index is 9.33. The number of benzene rings is 3. The van der Waals surface area contributed by atoms with Gasteiger partial charge in [-0.15, -0.1) is 0 Å². The molecule has 0 aliphatic carbocycles. The van der Waals surface area contributed by atoms with Crippen molar-refractivity contribution in [1.29, 1.82) is 0 Å². The molecule has 1 N–H and O–H groups in total. The minimum absolute atomic E-state index is 0.264. The van der Waals surface area contributed by atoms with E-state index in [0.29, 0.717) is 6.04 Å². The fourth-order valence-electron chi connectivity index (χ4n) is 2.05. The molecule has 0 amide bonds. The maximum Gasteiger partial charge on any atom is 0.115 e. The summed E-state index contributed by atoms with van der Waals surface area (Å²) in [4.78, 5) is 0. The van der Waals surface area contributed by atoms with Crippen LogP contribution in [0.3, 0.4) is 0 Å². The normalized spacial score (nSPS) is 11.4. The van der Waals surface area contributed by atoms with Crippen molar-refractivity contribution < 1.29 is 6.48 Å². The quantitative estimate of drug-likeness (QED) is 0.652. The highest BCUT2D eigenvalue weighted by atomic mass is 16.3. The van der Waals surface area contributed by atoms with E-state index in [9.17, 15) is 5.11 Å². The zero-order valence-electron chi connectivity index (χ0n) is 10.2. The first-order valence-electron chi connectivity index (χ1n) is 6.03. The molecule has 82 valence electrons. The van der Waals surface area contributed by atoms with Crippen LogP contribution in [0, 0.1) is 0 Å². The summed E-state index contributed by atoms with van der Waals surface area (Å²) in [7, 11) is 0. The van der Waals surface area contributed by atoms with Crippen LogP contribution in [-0.2, 0) is 0 Å². The molecule has 3 rings (SSSR count). The Morgan fingerprint density at radius 2 is 1.65 bits per heavy atom. The lowest BCUT2D eigenvalue weighted by atomic mass is 9.98. The third-order valence-corrected chi connectivity index (χ3v) is 2.88. The first-order chi connectivity index (χ1) is 8.75. The second-order valence-electron chi connectivity index (χ2n) is 3.98. The molecule has 0 aliphatic rings. The van der Waals surface area contributed by atoms with Crippen molar-refractivity contribution in [3.63, 3.8) is 0 Å². The number of phenolic OH excluding ortho intramolecular Hbond substituents is 1. The molecule has 1 heteroatoms. The highest BCUT2D eigenvalue weighted by molar-refractivity contribution is 5.96. The second-order valence-corrected chi connectivity index (χ2v) is 3.98. The molecule has 1 nitrogen and oxygen atoms in total. The average Bonchev–Trinajstić information content (AvgIpc) is 2.40. The van der Waals surface area contributed by atoms with E-state index >= 15 is 0 Å². The molecule has 0 aliphatic heterocycles. The van der Waals surface area contributed by atoms with Crippen LogP contribution < -0.4 is 0 Å². The molecule has 0 unspecified atom stereocenters. The Morgan fingerprint density at radius 1 is 0.824 bits per heavy atom. The van der Waals surface area contributed by atoms with Crippen LogP contribution in [0.25, 0.3) is 21.9 Å². The van der Waals surface area contributed by atoms with Crippen molar-refractivity contribution in [1.82, 2.24) is 0 Å². The van der Waals surface area contributed by atoms with Crippen molar-refractivity contribution in [2.75, 3.05) is 0 Å². The molecule has 17 heavy (non-hydrogen) atoms. The van der Waals surface area contributed by atoms with E-state index in [2.05, 4.69) is 0 Å². The molecule has 3 aromatic rings. The smallest absolute Gasteiger partial charge is 0.115 e. The van der Waals surface area contributed by atoms with E-state index in [1.54, 1.807) is 18.2 Å². The van der Waals surface area contributed by atoms with E-state index in [0.717, 1.165) is 21.9 Å². The molecule has 0 atom stereocenters. The Kier molecular flexibility index (Phi) is 2.05. The van der Waals surface area contributed by atoms with Gasteiger partial charge in [0.1, 0.15) is 5.75 Å². The fourth-order valence-corrected chi connectivity index (χ4v) is 2.05. The Hall–Kier alpha value is -2.28. The van der Waals surface area contributed by atoms with Gasteiger partial charge in [-0.2, -0.15) is 0 Å². The first-order valence-corrected chi connectivity index (χ1v) is 5.53. The van der Waals surface area contributed by atoms with E-state index in [-0.39, 0.29) is 5.75 Å². The van der Waals surface area contributed by atoms with E-state index in [1.807, 2.05) is 42.5 Å². The summed E-state index contributed by atoms with van der Waals surface area (Å²) in [5.74, 6) is 0.264. The Labute approximate surface area is 101 Å². The van der Waals surface area contributed by atoms with Gasteiger partial charge in [0, 0.05) is 0 Å². The maximum atomic E-state index is 9.33. The van der Waals surface area contributed by atoms with Crippen LogP contribution in [0.4, 0.5) is 0 Å². The van der Waals surface area contributed by atoms with Crippen LogP contribution in [0.1, 0.15) is 1.37 Å². The first kappa shape index (κ1) is 8.82. The average molecular weight is 221 g/mol. The van der Waals surface area contributed by atoms with E-state index in [4.69, 9.17) is 1.37 Å². The number of phenols is 1. The van der Waals surface area contributed by atoms with Gasteiger partial charge in [-0.1, -0.05) is 54.6 Å². The summed E-state index contributed by atoms with van der Waals surface area (Å²) in [5.41, 5.74) is 2.13. The molecule has 0 radical (unpaired) electrons. The van der Waals surface area contributed by atoms with Gasteiger partial charge in [0.15, 0.2) is 0 Å². The Morgan fingerprint density at radius 3 is 2.47 bits per heavy atom. The van der Waals surface area contributed by atoms with Crippen molar-refractivity contribution >= 4 is 10.8 Å². The number of hydrogen-bond donors (Lipinski definition) is 1. The van der Waals surface area contributed by atoms with Crippen molar-refractivity contribution in [3.05, 3.63) is 66.7 Å². The summed E-state index contributed by atoms with van der Waals surface area (Å²) in [5, 5.41) is 11.3. The van der Waals surface area contributed by atoms with Crippen LogP contribution in [0.2, 0.25) is 0 Å². The SMILES string of the molecule is [2H]c1cccc2c(-c3ccc(O)cc3)cccc12. The Balaban J connectivity index is 2.29. The molecular weight excluding hydrogens is 208 g/mol. The predicted molar refractivity (Wildman–Crippen MR) is 71.0 cm³/mol. The van der Waals surface area contributed by atoms with Gasteiger partial charge in [0.25, 0.3) is 0 Å². The number of aromatic hydroxyl groups is 1. The minimum Gasteiger partial charge on any atom is -0.508 e. The summed E-state index contributed by atoms with van der Waals surface area (Å²) in [6, 6.07) is 19.3. The zero-order chi connectivity index (χ0) is 12.5. The second kappa shape index (κ2) is 3.95. The number of rotatable bonds is 1. The van der Waals surface area contributed by atoms with Gasteiger partial charge < -0.3 is 5.11 Å². The predicted octanol–water partition coefficient (Wildman–Crippen LogP) is 4.21. The molecule has 0 fully saturated rings. The summed E-state index contributed by atoms with van der Waals surface area (Å²) in [6.07, 6.45) is 0. The largest absolute Gasteiger partial charge is 0.508 e. The van der Waals surface area contributed by atoms with Gasteiger partial charge in [0.2, 0.25) is 0 Å². The molecular formula is C16H12O. The molecule has 0 aromatic heterocycles. The monoisotopic (exact) mass is 221 g/mol. The lowest BCUT2D eigenvalue weighted by Gasteiger charge is -2.06. The molecule has 0 bridgehead atoms. The fraction of sp³-hybridized carbons (Fsp3) is 0. The number of hydrogen-bond acceptors (Lipinski definition) is 1. The standard InChI is InChI=1S/C16H12O/c17-14-10-8-13(9-11-14)16-7-3-5-12-4-1-2-6-15(12)16/h1-11,17H/i4D. The third kappa shape index (κ3) is 1.76. The van der Waals surface area contributed by atoms with E-state index in [1.165, 1.54) is 0 Å². The highest BCUT2D eigenvalue weighted by Gasteiger charge is 2.02. The van der Waals surface area contributed by atoms with Gasteiger partial charge in [-0.05, 0) is 34.0 Å². The third-order valence-electron chi connectivity index (χ3n) is 2.88. The molecule has 0 saturated carbocycles. The van der Waals surface area contributed by atoms with Crippen LogP contribution in [0.5, 0.6) is 5.75 Å². The summed E-state index contributed by atoms with van der Waals surface area (Å²) in [6.45, 7) is 0. The highest BCUT2D eigenvalue weighted by Crippen LogP contribution is 2.29. The number of fused-ring (bicyclic) bond motifs is 1.